The molecule has 21 heavy (non-hydrogen) atoms. The van der Waals surface area contributed by atoms with Gasteiger partial charge in [-0.15, -0.1) is 0 Å². The average Bonchev–Trinajstić information content (AvgIpc) is 2.76. The molecular weight excluding hydrogens is 270 g/mol. The molecule has 0 bridgehead atoms. The molecule has 3 amide bonds. The third kappa shape index (κ3) is 4.72. The lowest BCUT2D eigenvalue weighted by Gasteiger charge is -2.25. The molecule has 0 aromatic carbocycles. The highest BCUT2D eigenvalue weighted by molar-refractivity contribution is 5.91. The molecule has 1 aliphatic rings. The summed E-state index contributed by atoms with van der Waals surface area (Å²) in [7, 11) is 0. The molecule has 1 rings (SSSR count). The molecule has 120 valence electrons. The van der Waals surface area contributed by atoms with Crippen molar-refractivity contribution in [2.45, 2.75) is 53.1 Å². The van der Waals surface area contributed by atoms with Crippen molar-refractivity contribution in [2.24, 2.45) is 5.92 Å². The Morgan fingerprint density at radius 1 is 1.33 bits per heavy atom. The molecule has 1 atom stereocenters. The van der Waals surface area contributed by atoms with Crippen LogP contribution >= 0.6 is 0 Å². The second-order valence-corrected chi connectivity index (χ2v) is 6.12. The lowest BCUT2D eigenvalue weighted by molar-refractivity contribution is -0.139. The zero-order valence-corrected chi connectivity index (χ0v) is 13.7. The van der Waals surface area contributed by atoms with Crippen LogP contribution in [0.1, 0.15) is 41.0 Å². The minimum Gasteiger partial charge on any atom is -0.352 e. The number of carbonyl (C=O) groups excluding carboxylic acids is 3. The fraction of sp³-hybridized carbons (Fsp3) is 0.800. The van der Waals surface area contributed by atoms with Crippen LogP contribution in [0.4, 0.5) is 0 Å². The quantitative estimate of drug-likeness (QED) is 0.781. The van der Waals surface area contributed by atoms with E-state index in [0.717, 1.165) is 0 Å². The van der Waals surface area contributed by atoms with Crippen molar-refractivity contribution in [3.63, 3.8) is 0 Å². The van der Waals surface area contributed by atoms with Crippen molar-refractivity contribution < 1.29 is 14.4 Å². The fourth-order valence-corrected chi connectivity index (χ4v) is 2.54. The molecule has 0 spiro atoms. The van der Waals surface area contributed by atoms with Crippen molar-refractivity contribution in [1.29, 1.82) is 0 Å². The van der Waals surface area contributed by atoms with E-state index in [1.54, 1.807) is 4.90 Å². The van der Waals surface area contributed by atoms with Gasteiger partial charge in [0.05, 0.1) is 12.5 Å². The number of nitrogens with zero attached hydrogens (tertiary/aromatic N) is 2. The first kappa shape index (κ1) is 17.5. The highest BCUT2D eigenvalue weighted by atomic mass is 16.2. The van der Waals surface area contributed by atoms with Gasteiger partial charge in [-0.3, -0.25) is 14.4 Å². The Morgan fingerprint density at radius 2 is 1.95 bits per heavy atom. The third-order valence-corrected chi connectivity index (χ3v) is 3.61. The Morgan fingerprint density at radius 3 is 2.38 bits per heavy atom. The van der Waals surface area contributed by atoms with E-state index < -0.39 is 0 Å². The second-order valence-electron chi connectivity index (χ2n) is 6.12. The summed E-state index contributed by atoms with van der Waals surface area (Å²) in [5.41, 5.74) is 0. The molecular formula is C15H27N3O3. The van der Waals surface area contributed by atoms with Crippen LogP contribution in [0.2, 0.25) is 0 Å². The number of amides is 3. The standard InChI is InChI=1S/C15H27N3O3/c1-6-17(9-13(19)16-10(2)3)15(21)12-7-14(20)18(8-12)11(4)5/h10-12H,6-9H2,1-5H3,(H,16,19). The summed E-state index contributed by atoms with van der Waals surface area (Å²) in [5, 5.41) is 2.78. The van der Waals surface area contributed by atoms with E-state index in [1.807, 2.05) is 34.6 Å². The number of carbonyl (C=O) groups is 3. The molecule has 0 radical (unpaired) electrons. The molecule has 6 nitrogen and oxygen atoms in total. The van der Waals surface area contributed by atoms with Gasteiger partial charge in [-0.05, 0) is 34.6 Å². The molecule has 1 saturated heterocycles. The van der Waals surface area contributed by atoms with Gasteiger partial charge in [0.25, 0.3) is 0 Å². The monoisotopic (exact) mass is 297 g/mol. The van der Waals surface area contributed by atoms with Gasteiger partial charge < -0.3 is 15.1 Å². The first-order valence-corrected chi connectivity index (χ1v) is 7.63. The summed E-state index contributed by atoms with van der Waals surface area (Å²) in [6.45, 7) is 10.5. The number of hydrogen-bond donors (Lipinski definition) is 1. The third-order valence-electron chi connectivity index (χ3n) is 3.61. The first-order chi connectivity index (χ1) is 9.76. The van der Waals surface area contributed by atoms with Crippen LogP contribution in [0, 0.1) is 5.92 Å². The van der Waals surface area contributed by atoms with Crippen molar-refractivity contribution in [2.75, 3.05) is 19.6 Å². The molecule has 0 aliphatic carbocycles. The highest BCUT2D eigenvalue weighted by Gasteiger charge is 2.37. The molecule has 6 heteroatoms. The predicted octanol–water partition coefficient (Wildman–Crippen LogP) is 0.616. The summed E-state index contributed by atoms with van der Waals surface area (Å²) in [6, 6.07) is 0.158. The van der Waals surface area contributed by atoms with E-state index in [4.69, 9.17) is 0 Å². The summed E-state index contributed by atoms with van der Waals surface area (Å²) in [6.07, 6.45) is 0.249. The molecule has 1 N–H and O–H groups in total. The maximum Gasteiger partial charge on any atom is 0.239 e. The van der Waals surface area contributed by atoms with Crippen LogP contribution in [-0.4, -0.2) is 59.2 Å². The van der Waals surface area contributed by atoms with Gasteiger partial charge in [0.1, 0.15) is 0 Å². The molecule has 0 aromatic heterocycles. The number of hydrogen-bond acceptors (Lipinski definition) is 3. The van der Waals surface area contributed by atoms with Crippen LogP contribution in [0.5, 0.6) is 0 Å². The average molecular weight is 297 g/mol. The molecule has 1 fully saturated rings. The zero-order chi connectivity index (χ0) is 16.2. The number of likely N-dealkylation sites (tertiary alicyclic amines) is 1. The predicted molar refractivity (Wildman–Crippen MR) is 80.5 cm³/mol. The Hall–Kier alpha value is -1.59. The molecule has 1 unspecified atom stereocenters. The van der Waals surface area contributed by atoms with E-state index >= 15 is 0 Å². The Bertz CT molecular complexity index is 407. The first-order valence-electron chi connectivity index (χ1n) is 7.63. The smallest absolute Gasteiger partial charge is 0.239 e. The summed E-state index contributed by atoms with van der Waals surface area (Å²) in [4.78, 5) is 39.4. The fourth-order valence-electron chi connectivity index (χ4n) is 2.54. The topological polar surface area (TPSA) is 69.7 Å². The molecule has 1 heterocycles. The van der Waals surface area contributed by atoms with E-state index in [1.165, 1.54) is 4.90 Å². The van der Waals surface area contributed by atoms with Crippen molar-refractivity contribution in [1.82, 2.24) is 15.1 Å². The lowest BCUT2D eigenvalue weighted by Crippen LogP contribution is -2.45. The molecule has 0 aromatic rings. The SMILES string of the molecule is CCN(CC(=O)NC(C)C)C(=O)C1CC(=O)N(C(C)C)C1. The summed E-state index contributed by atoms with van der Waals surface area (Å²) < 4.78 is 0. The number of nitrogens with one attached hydrogen (secondary N) is 1. The van der Waals surface area contributed by atoms with Gasteiger partial charge in [0.15, 0.2) is 0 Å². The minimum atomic E-state index is -0.327. The van der Waals surface area contributed by atoms with Gasteiger partial charge in [0, 0.05) is 31.6 Å². The van der Waals surface area contributed by atoms with Crippen molar-refractivity contribution >= 4 is 17.7 Å². The number of likely N-dealkylation sites (N-methyl/N-ethyl adjacent to an activating group) is 1. The van der Waals surface area contributed by atoms with Crippen molar-refractivity contribution in [3.8, 4) is 0 Å². The van der Waals surface area contributed by atoms with Gasteiger partial charge in [-0.2, -0.15) is 0 Å². The Labute approximate surface area is 126 Å². The van der Waals surface area contributed by atoms with Gasteiger partial charge in [-0.25, -0.2) is 0 Å². The van der Waals surface area contributed by atoms with E-state index in [2.05, 4.69) is 5.32 Å². The van der Waals surface area contributed by atoms with Crippen LogP contribution in [0.25, 0.3) is 0 Å². The zero-order valence-electron chi connectivity index (χ0n) is 13.7. The van der Waals surface area contributed by atoms with Crippen LogP contribution in [0.3, 0.4) is 0 Å². The highest BCUT2D eigenvalue weighted by Crippen LogP contribution is 2.22. The lowest BCUT2D eigenvalue weighted by atomic mass is 10.1. The van der Waals surface area contributed by atoms with E-state index in [0.29, 0.717) is 13.1 Å². The van der Waals surface area contributed by atoms with E-state index in [9.17, 15) is 14.4 Å². The van der Waals surface area contributed by atoms with Crippen LogP contribution in [-0.2, 0) is 14.4 Å². The summed E-state index contributed by atoms with van der Waals surface area (Å²) in [5.74, 6) is -0.573. The van der Waals surface area contributed by atoms with Gasteiger partial charge >= 0.3 is 0 Å². The maximum atomic E-state index is 12.5. The Balaban J connectivity index is 2.64. The minimum absolute atomic E-state index is 0.0195. The van der Waals surface area contributed by atoms with Crippen LogP contribution < -0.4 is 5.32 Å². The van der Waals surface area contributed by atoms with Crippen molar-refractivity contribution in [3.05, 3.63) is 0 Å². The molecule has 0 saturated carbocycles. The Kier molecular flexibility index (Phi) is 6.18. The summed E-state index contributed by atoms with van der Waals surface area (Å²) >= 11 is 0. The molecule has 1 aliphatic heterocycles. The second kappa shape index (κ2) is 7.43. The van der Waals surface area contributed by atoms with Gasteiger partial charge in [-0.1, -0.05) is 0 Å². The largest absolute Gasteiger partial charge is 0.352 e. The number of rotatable bonds is 6. The van der Waals surface area contributed by atoms with Gasteiger partial charge in [0.2, 0.25) is 17.7 Å². The van der Waals surface area contributed by atoms with Crippen LogP contribution in [0.15, 0.2) is 0 Å². The maximum absolute atomic E-state index is 12.5. The van der Waals surface area contributed by atoms with E-state index in [-0.39, 0.29) is 48.7 Å². The normalized spacial score (nSPS) is 18.5.